The van der Waals surface area contributed by atoms with Gasteiger partial charge in [-0.25, -0.2) is 9.37 Å². The van der Waals surface area contributed by atoms with Crippen LogP contribution in [0.25, 0.3) is 16.7 Å². The number of rotatable bonds is 2. The first-order chi connectivity index (χ1) is 9.15. The van der Waals surface area contributed by atoms with Crippen molar-refractivity contribution in [3.63, 3.8) is 0 Å². The predicted molar refractivity (Wildman–Crippen MR) is 69.5 cm³/mol. The van der Waals surface area contributed by atoms with Crippen LogP contribution in [-0.2, 0) is 0 Å². The van der Waals surface area contributed by atoms with Gasteiger partial charge in [-0.3, -0.25) is 9.36 Å². The second-order valence-electron chi connectivity index (χ2n) is 4.16. The van der Waals surface area contributed by atoms with E-state index in [0.29, 0.717) is 16.8 Å². The molecule has 2 aromatic carbocycles. The summed E-state index contributed by atoms with van der Waals surface area (Å²) in [6.07, 6.45) is 1.59. The van der Waals surface area contributed by atoms with E-state index in [1.54, 1.807) is 41.2 Å². The summed E-state index contributed by atoms with van der Waals surface area (Å²) in [5.41, 5.74) is 7.72. The molecular formula is C14H10FN3O. The molecule has 0 fully saturated rings. The molecule has 5 heteroatoms. The van der Waals surface area contributed by atoms with Crippen LogP contribution >= 0.6 is 0 Å². The summed E-state index contributed by atoms with van der Waals surface area (Å²) in [6, 6.07) is 11.2. The number of carbonyl (C=O) groups is 1. The first-order valence-electron chi connectivity index (χ1n) is 5.68. The maximum Gasteiger partial charge on any atom is 0.248 e. The Kier molecular flexibility index (Phi) is 2.52. The van der Waals surface area contributed by atoms with E-state index < -0.39 is 5.91 Å². The van der Waals surface area contributed by atoms with Crippen molar-refractivity contribution in [1.82, 2.24) is 9.55 Å². The highest BCUT2D eigenvalue weighted by atomic mass is 19.1. The van der Waals surface area contributed by atoms with Gasteiger partial charge in [0, 0.05) is 5.56 Å². The van der Waals surface area contributed by atoms with Crippen LogP contribution in [0.1, 0.15) is 10.4 Å². The van der Waals surface area contributed by atoms with Crippen LogP contribution in [-0.4, -0.2) is 15.5 Å². The number of hydrogen-bond acceptors (Lipinski definition) is 2. The van der Waals surface area contributed by atoms with Crippen LogP contribution in [0.15, 0.2) is 48.8 Å². The number of aromatic nitrogens is 2. The van der Waals surface area contributed by atoms with E-state index in [-0.39, 0.29) is 5.82 Å². The highest BCUT2D eigenvalue weighted by Crippen LogP contribution is 2.19. The van der Waals surface area contributed by atoms with E-state index >= 15 is 0 Å². The number of primary amides is 1. The number of fused-ring (bicyclic) bond motifs is 1. The van der Waals surface area contributed by atoms with E-state index in [2.05, 4.69) is 4.98 Å². The molecule has 1 heterocycles. The number of hydrogen-bond donors (Lipinski definition) is 1. The van der Waals surface area contributed by atoms with Crippen molar-refractivity contribution in [1.29, 1.82) is 0 Å². The van der Waals surface area contributed by atoms with Gasteiger partial charge in [-0.2, -0.15) is 0 Å². The first-order valence-corrected chi connectivity index (χ1v) is 5.68. The molecule has 0 spiro atoms. The van der Waals surface area contributed by atoms with Gasteiger partial charge in [-0.15, -0.1) is 0 Å². The van der Waals surface area contributed by atoms with E-state index in [0.717, 1.165) is 5.52 Å². The summed E-state index contributed by atoms with van der Waals surface area (Å²) >= 11 is 0. The minimum absolute atomic E-state index is 0.312. The number of carbonyl (C=O) groups excluding carboxylic acids is 1. The number of nitrogens with two attached hydrogens (primary N) is 1. The average Bonchev–Trinajstić information content (AvgIpc) is 2.81. The molecule has 0 radical (unpaired) electrons. The van der Waals surface area contributed by atoms with E-state index in [1.807, 2.05) is 0 Å². The molecule has 19 heavy (non-hydrogen) atoms. The standard InChI is InChI=1S/C14H10FN3O/c15-10-2-1-3-11(7-10)18-8-17-12-6-9(14(16)19)4-5-13(12)18/h1-8H,(H2,16,19). The number of benzene rings is 2. The molecule has 0 aliphatic carbocycles. The van der Waals surface area contributed by atoms with Crippen LogP contribution in [0.2, 0.25) is 0 Å². The SMILES string of the molecule is NC(=O)c1ccc2c(c1)ncn2-c1cccc(F)c1. The van der Waals surface area contributed by atoms with Crippen LogP contribution in [0, 0.1) is 5.82 Å². The number of halogens is 1. The topological polar surface area (TPSA) is 60.9 Å². The highest BCUT2D eigenvalue weighted by Gasteiger charge is 2.08. The fourth-order valence-electron chi connectivity index (χ4n) is 2.00. The van der Waals surface area contributed by atoms with Gasteiger partial charge in [0.1, 0.15) is 12.1 Å². The van der Waals surface area contributed by atoms with Crippen LogP contribution in [0.3, 0.4) is 0 Å². The molecule has 0 saturated heterocycles. The Labute approximate surface area is 108 Å². The second kappa shape index (κ2) is 4.20. The zero-order chi connectivity index (χ0) is 13.4. The summed E-state index contributed by atoms with van der Waals surface area (Å²) in [4.78, 5) is 15.3. The summed E-state index contributed by atoms with van der Waals surface area (Å²) in [6.45, 7) is 0. The normalized spacial score (nSPS) is 10.8. The van der Waals surface area contributed by atoms with Gasteiger partial charge < -0.3 is 5.73 Å². The molecule has 0 saturated carbocycles. The smallest absolute Gasteiger partial charge is 0.248 e. The largest absolute Gasteiger partial charge is 0.366 e. The Morgan fingerprint density at radius 2 is 2.05 bits per heavy atom. The van der Waals surface area contributed by atoms with Gasteiger partial charge in [0.25, 0.3) is 0 Å². The van der Waals surface area contributed by atoms with Crippen molar-refractivity contribution in [2.45, 2.75) is 0 Å². The zero-order valence-electron chi connectivity index (χ0n) is 9.88. The van der Waals surface area contributed by atoms with Crippen molar-refractivity contribution in [2.24, 2.45) is 5.73 Å². The first kappa shape index (κ1) is 11.4. The lowest BCUT2D eigenvalue weighted by molar-refractivity contribution is 0.100. The van der Waals surface area contributed by atoms with E-state index in [4.69, 9.17) is 5.73 Å². The van der Waals surface area contributed by atoms with Crippen molar-refractivity contribution < 1.29 is 9.18 Å². The molecule has 4 nitrogen and oxygen atoms in total. The average molecular weight is 255 g/mol. The van der Waals surface area contributed by atoms with Gasteiger partial charge in [-0.05, 0) is 36.4 Å². The predicted octanol–water partition coefficient (Wildman–Crippen LogP) is 2.26. The minimum Gasteiger partial charge on any atom is -0.366 e. The number of nitrogens with zero attached hydrogens (tertiary/aromatic N) is 2. The lowest BCUT2D eigenvalue weighted by Crippen LogP contribution is -2.10. The lowest BCUT2D eigenvalue weighted by atomic mass is 10.2. The molecular weight excluding hydrogens is 245 g/mol. The molecule has 94 valence electrons. The van der Waals surface area contributed by atoms with Gasteiger partial charge >= 0.3 is 0 Å². The Hall–Kier alpha value is -2.69. The molecule has 3 rings (SSSR count). The number of imidazole rings is 1. The van der Waals surface area contributed by atoms with Gasteiger partial charge in [-0.1, -0.05) is 6.07 Å². The van der Waals surface area contributed by atoms with Crippen LogP contribution < -0.4 is 5.73 Å². The Bertz CT molecular complexity index is 779. The molecule has 0 unspecified atom stereocenters. The lowest BCUT2D eigenvalue weighted by Gasteiger charge is -2.04. The summed E-state index contributed by atoms with van der Waals surface area (Å²) in [7, 11) is 0. The molecule has 0 atom stereocenters. The van der Waals surface area contributed by atoms with Crippen molar-refractivity contribution >= 4 is 16.9 Å². The Morgan fingerprint density at radius 1 is 1.21 bits per heavy atom. The molecule has 2 N–H and O–H groups in total. The fraction of sp³-hybridized carbons (Fsp3) is 0. The Balaban J connectivity index is 2.18. The zero-order valence-corrected chi connectivity index (χ0v) is 9.88. The Morgan fingerprint density at radius 3 is 2.79 bits per heavy atom. The monoisotopic (exact) mass is 255 g/mol. The maximum atomic E-state index is 13.2. The third-order valence-corrected chi connectivity index (χ3v) is 2.92. The van der Waals surface area contributed by atoms with Crippen LogP contribution in [0.5, 0.6) is 0 Å². The molecule has 1 amide bonds. The van der Waals surface area contributed by atoms with Crippen molar-refractivity contribution in [2.75, 3.05) is 0 Å². The highest BCUT2D eigenvalue weighted by molar-refractivity contribution is 5.96. The number of amides is 1. The van der Waals surface area contributed by atoms with Gasteiger partial charge in [0.05, 0.1) is 16.7 Å². The molecule has 1 aromatic heterocycles. The fourth-order valence-corrected chi connectivity index (χ4v) is 2.00. The molecule has 3 aromatic rings. The van der Waals surface area contributed by atoms with Crippen LogP contribution in [0.4, 0.5) is 4.39 Å². The molecule has 0 aliphatic rings. The third kappa shape index (κ3) is 1.95. The van der Waals surface area contributed by atoms with Crippen molar-refractivity contribution in [3.05, 3.63) is 60.2 Å². The van der Waals surface area contributed by atoms with Gasteiger partial charge in [0.15, 0.2) is 0 Å². The van der Waals surface area contributed by atoms with Crippen molar-refractivity contribution in [3.8, 4) is 5.69 Å². The molecule has 0 bridgehead atoms. The summed E-state index contributed by atoms with van der Waals surface area (Å²) in [5.74, 6) is -0.810. The second-order valence-corrected chi connectivity index (χ2v) is 4.16. The quantitative estimate of drug-likeness (QED) is 0.763. The summed E-state index contributed by atoms with van der Waals surface area (Å²) < 4.78 is 15.0. The molecule has 0 aliphatic heterocycles. The third-order valence-electron chi connectivity index (χ3n) is 2.92. The maximum absolute atomic E-state index is 13.2. The summed E-state index contributed by atoms with van der Waals surface area (Å²) in [5, 5.41) is 0. The van der Waals surface area contributed by atoms with E-state index in [9.17, 15) is 9.18 Å². The minimum atomic E-state index is -0.498. The van der Waals surface area contributed by atoms with E-state index in [1.165, 1.54) is 12.1 Å². The van der Waals surface area contributed by atoms with Gasteiger partial charge in [0.2, 0.25) is 5.91 Å².